The number of hydrogen-bond donors (Lipinski definition) is 4. The minimum atomic E-state index is -5.35. The maximum absolute atomic E-state index is 12.5. The number of rotatable bonds is 15. The van der Waals surface area contributed by atoms with E-state index in [4.69, 9.17) is 15.2 Å². The maximum atomic E-state index is 12.5. The highest BCUT2D eigenvalue weighted by molar-refractivity contribution is 7.67. The van der Waals surface area contributed by atoms with E-state index in [1.807, 2.05) is 0 Å². The average Bonchev–Trinajstić information content (AvgIpc) is 3.28. The number of phosphoric acid groups is 3. The number of phosphoric ester groups is 2. The van der Waals surface area contributed by atoms with E-state index >= 15 is 0 Å². The fourth-order valence-corrected chi connectivity index (χ4v) is 6.96. The Bertz CT molecular complexity index is 1560. The van der Waals surface area contributed by atoms with Crippen LogP contribution < -0.4 is 11.4 Å². The molecule has 1 aromatic heterocycles. The standard InChI is InChI=1S/C19H25N4O16P3/c1-33-40(28,29)38-42(32,34-2)39-41(30,31)36-11-16-15(24)7-17(37-16)22-8-13(18(20)21-19(22)25)10-35-9-12-5-3-4-6-14(12)23(26)27/h3-6,8,17,24H,7,9-11H2,1-2H3,(H,28,29)(H,30,31)(H2,20,21,25)/t17-,42?/m1/s1. The van der Waals surface area contributed by atoms with Crippen LogP contribution in [0.4, 0.5) is 11.5 Å². The lowest BCUT2D eigenvalue weighted by Gasteiger charge is -2.20. The molecule has 20 nitrogen and oxygen atoms in total. The molecule has 3 unspecified atom stereocenters. The van der Waals surface area contributed by atoms with Crippen molar-refractivity contribution in [1.29, 1.82) is 0 Å². The minimum absolute atomic E-state index is 0.150. The van der Waals surface area contributed by atoms with Gasteiger partial charge in [-0.1, -0.05) is 12.1 Å². The van der Waals surface area contributed by atoms with Crippen LogP contribution in [0.15, 0.2) is 46.8 Å². The summed E-state index contributed by atoms with van der Waals surface area (Å²) in [6.07, 6.45) is -0.341. The largest absolute Gasteiger partial charge is 0.508 e. The first kappa shape index (κ1) is 33.5. The molecule has 1 aliphatic heterocycles. The molecule has 1 aliphatic rings. The lowest BCUT2D eigenvalue weighted by Crippen LogP contribution is -2.29. The molecule has 0 radical (unpaired) electrons. The number of aliphatic hydroxyl groups excluding tert-OH is 1. The van der Waals surface area contributed by atoms with E-state index in [0.717, 1.165) is 11.7 Å². The predicted octanol–water partition coefficient (Wildman–Crippen LogP) is 2.79. The summed E-state index contributed by atoms with van der Waals surface area (Å²) >= 11 is 0. The molecular weight excluding hydrogens is 633 g/mol. The second-order valence-electron chi connectivity index (χ2n) is 8.05. The lowest BCUT2D eigenvalue weighted by molar-refractivity contribution is -0.386. The van der Waals surface area contributed by atoms with Gasteiger partial charge in [0.1, 0.15) is 18.2 Å². The average molecular weight is 658 g/mol. The Morgan fingerprint density at radius 1 is 1.10 bits per heavy atom. The van der Waals surface area contributed by atoms with Crippen molar-refractivity contribution in [2.45, 2.75) is 25.9 Å². The molecule has 0 bridgehead atoms. The van der Waals surface area contributed by atoms with Crippen molar-refractivity contribution in [2.75, 3.05) is 26.6 Å². The van der Waals surface area contributed by atoms with Crippen LogP contribution in [0.1, 0.15) is 23.8 Å². The quantitative estimate of drug-likeness (QED) is 0.121. The number of benzene rings is 1. The highest BCUT2D eigenvalue weighted by Crippen LogP contribution is 2.69. The van der Waals surface area contributed by atoms with Crippen molar-refractivity contribution in [3.63, 3.8) is 0 Å². The normalized spacial score (nSPS) is 19.5. The van der Waals surface area contributed by atoms with Crippen LogP contribution in [-0.4, -0.2) is 50.2 Å². The van der Waals surface area contributed by atoms with E-state index < -0.39 is 58.4 Å². The Hall–Kier alpha value is -2.99. The van der Waals surface area contributed by atoms with Gasteiger partial charge in [-0.2, -0.15) is 13.6 Å². The van der Waals surface area contributed by atoms with Gasteiger partial charge in [0, 0.05) is 32.0 Å². The van der Waals surface area contributed by atoms with E-state index in [0.29, 0.717) is 12.7 Å². The molecule has 3 rings (SSSR count). The molecule has 0 spiro atoms. The number of anilines is 1. The smallest absolute Gasteiger partial charge is 0.492 e. The summed E-state index contributed by atoms with van der Waals surface area (Å²) < 4.78 is 69.3. The molecule has 4 atom stereocenters. The van der Waals surface area contributed by atoms with Gasteiger partial charge in [-0.15, -0.1) is 0 Å². The van der Waals surface area contributed by atoms with Gasteiger partial charge < -0.3 is 30.1 Å². The Kier molecular flexibility index (Phi) is 10.8. The van der Waals surface area contributed by atoms with E-state index in [1.165, 1.54) is 24.4 Å². The van der Waals surface area contributed by atoms with Crippen molar-refractivity contribution in [2.24, 2.45) is 0 Å². The zero-order valence-corrected chi connectivity index (χ0v) is 24.4. The molecule has 23 heteroatoms. The van der Waals surface area contributed by atoms with Gasteiger partial charge in [0.2, 0.25) is 0 Å². The Labute approximate surface area is 236 Å². The number of ether oxygens (including phenoxy) is 2. The highest BCUT2D eigenvalue weighted by atomic mass is 31.3. The molecule has 0 aliphatic carbocycles. The molecule has 0 amide bonds. The van der Waals surface area contributed by atoms with Crippen LogP contribution in [-0.2, 0) is 58.6 Å². The minimum Gasteiger partial charge on any atom is -0.508 e. The molecule has 0 saturated heterocycles. The third kappa shape index (κ3) is 8.76. The van der Waals surface area contributed by atoms with Gasteiger partial charge in [-0.25, -0.2) is 18.5 Å². The number of nitro benzene ring substituents is 1. The topological polar surface area (TPSA) is 281 Å². The highest BCUT2D eigenvalue weighted by Gasteiger charge is 2.44. The molecule has 5 N–H and O–H groups in total. The van der Waals surface area contributed by atoms with Crippen LogP contribution in [0.3, 0.4) is 0 Å². The molecule has 1 aromatic carbocycles. The van der Waals surface area contributed by atoms with Gasteiger partial charge in [0.15, 0.2) is 12.0 Å². The molecular formula is C19H25N4O16P3. The fraction of sp³-hybridized carbons (Fsp3) is 0.368. The predicted molar refractivity (Wildman–Crippen MR) is 138 cm³/mol. The van der Waals surface area contributed by atoms with E-state index in [-0.39, 0.29) is 36.7 Å². The Morgan fingerprint density at radius 2 is 1.74 bits per heavy atom. The summed E-state index contributed by atoms with van der Waals surface area (Å²) in [4.78, 5) is 45.9. The summed E-state index contributed by atoms with van der Waals surface area (Å²) in [5.41, 5.74) is 5.26. The monoisotopic (exact) mass is 658 g/mol. The number of nitrogen functional groups attached to an aromatic ring is 1. The fourth-order valence-electron chi connectivity index (χ4n) is 3.28. The van der Waals surface area contributed by atoms with Crippen LogP contribution in [0.25, 0.3) is 0 Å². The molecule has 0 saturated carbocycles. The third-order valence-corrected chi connectivity index (χ3v) is 9.88. The third-order valence-electron chi connectivity index (χ3n) is 5.26. The summed E-state index contributed by atoms with van der Waals surface area (Å²) in [7, 11) is -14.1. The van der Waals surface area contributed by atoms with Gasteiger partial charge >= 0.3 is 29.2 Å². The molecule has 2 aromatic rings. The van der Waals surface area contributed by atoms with Crippen molar-refractivity contribution in [1.82, 2.24) is 9.55 Å². The number of nitro groups is 1. The number of nitrogens with zero attached hydrogens (tertiary/aromatic N) is 3. The number of aliphatic hydroxyl groups is 1. The van der Waals surface area contributed by atoms with Gasteiger partial charge in [0.05, 0.1) is 30.1 Å². The van der Waals surface area contributed by atoms with Gasteiger partial charge in [-0.3, -0.25) is 28.3 Å². The van der Waals surface area contributed by atoms with Crippen LogP contribution in [0.5, 0.6) is 0 Å². The molecule has 0 fully saturated rings. The van der Waals surface area contributed by atoms with Crippen molar-refractivity contribution in [3.05, 3.63) is 73.7 Å². The summed E-state index contributed by atoms with van der Waals surface area (Å²) in [6.45, 7) is -1.35. The van der Waals surface area contributed by atoms with Crippen molar-refractivity contribution in [3.8, 4) is 0 Å². The summed E-state index contributed by atoms with van der Waals surface area (Å²) in [5, 5.41) is 21.4. The van der Waals surface area contributed by atoms with Gasteiger partial charge in [0.25, 0.3) is 5.69 Å². The zero-order valence-electron chi connectivity index (χ0n) is 21.7. The number of aromatic nitrogens is 2. The van der Waals surface area contributed by atoms with Crippen molar-refractivity contribution >= 4 is 35.0 Å². The summed E-state index contributed by atoms with van der Waals surface area (Å²) in [6, 6.07) is 5.92. The first-order valence-electron chi connectivity index (χ1n) is 11.3. The second-order valence-corrected chi connectivity index (χ2v) is 13.1. The Balaban J connectivity index is 1.66. The van der Waals surface area contributed by atoms with Crippen molar-refractivity contribution < 1.29 is 65.2 Å². The first-order valence-corrected chi connectivity index (χ1v) is 15.7. The van der Waals surface area contributed by atoms with E-state index in [9.17, 15) is 43.5 Å². The van der Waals surface area contributed by atoms with Crippen LogP contribution in [0.2, 0.25) is 0 Å². The number of para-hydroxylation sites is 1. The first-order chi connectivity index (χ1) is 19.6. The summed E-state index contributed by atoms with van der Waals surface area (Å²) in [5.74, 6) is -1.14. The second kappa shape index (κ2) is 13.5. The van der Waals surface area contributed by atoms with E-state index in [2.05, 4.69) is 27.2 Å². The molecule has 42 heavy (non-hydrogen) atoms. The van der Waals surface area contributed by atoms with E-state index in [1.54, 1.807) is 6.07 Å². The van der Waals surface area contributed by atoms with Gasteiger partial charge in [-0.05, 0) is 6.07 Å². The number of hydrogen-bond acceptors (Lipinski definition) is 16. The Morgan fingerprint density at radius 3 is 2.38 bits per heavy atom. The maximum Gasteiger partial charge on any atom is 0.492 e. The van der Waals surface area contributed by atoms with Crippen LogP contribution in [0, 0.1) is 10.1 Å². The zero-order chi connectivity index (χ0) is 31.3. The molecule has 2 heterocycles. The molecule has 232 valence electrons. The lowest BCUT2D eigenvalue weighted by atomic mass is 10.2. The van der Waals surface area contributed by atoms with Crippen LogP contribution >= 0.6 is 23.5 Å². The SMILES string of the molecule is COP(=O)(O)OP(=O)(OC)OP(=O)(O)OCC1=C(O)C[C@H](n2cc(COCc3ccccc3[N+](=O)[O-])c(N)nc2=O)O1. The number of nitrogens with two attached hydrogens (primary N) is 1.